The molecule has 1 aromatic heterocycles. The molecule has 3 aromatic rings. The molecule has 0 saturated heterocycles. The highest BCUT2D eigenvalue weighted by atomic mass is 32.2. The van der Waals surface area contributed by atoms with Gasteiger partial charge in [0.25, 0.3) is 0 Å². The summed E-state index contributed by atoms with van der Waals surface area (Å²) in [7, 11) is 0. The van der Waals surface area contributed by atoms with Crippen molar-refractivity contribution < 1.29 is 0 Å². The van der Waals surface area contributed by atoms with Gasteiger partial charge in [-0.2, -0.15) is 0 Å². The Hall–Kier alpha value is -2.00. The number of hydrogen-bond acceptors (Lipinski definition) is 3. The summed E-state index contributed by atoms with van der Waals surface area (Å²) in [6, 6.07) is 18.2. The molecule has 3 heteroatoms. The lowest BCUT2D eigenvalue weighted by atomic mass is 10.2. The predicted octanol–water partition coefficient (Wildman–Crippen LogP) is 4.28. The molecular formula is C16H14N2S. The SMILES string of the molecule is Cc1cc2ccccc2nc1Sc1ccccc1N. The van der Waals surface area contributed by atoms with Gasteiger partial charge in [-0.15, -0.1) is 0 Å². The predicted molar refractivity (Wildman–Crippen MR) is 81.5 cm³/mol. The molecule has 3 rings (SSSR count). The molecule has 0 atom stereocenters. The Balaban J connectivity index is 2.06. The molecule has 0 bridgehead atoms. The first-order chi connectivity index (χ1) is 9.24. The molecule has 0 aliphatic heterocycles. The van der Waals surface area contributed by atoms with Gasteiger partial charge in [-0.3, -0.25) is 0 Å². The van der Waals surface area contributed by atoms with Crippen molar-refractivity contribution in [1.29, 1.82) is 0 Å². The molecule has 0 amide bonds. The molecule has 0 saturated carbocycles. The summed E-state index contributed by atoms with van der Waals surface area (Å²) >= 11 is 1.62. The topological polar surface area (TPSA) is 38.9 Å². The van der Waals surface area contributed by atoms with Crippen molar-refractivity contribution in [2.24, 2.45) is 0 Å². The van der Waals surface area contributed by atoms with Crippen LogP contribution < -0.4 is 5.73 Å². The Morgan fingerprint density at radius 3 is 2.58 bits per heavy atom. The Bertz CT molecular complexity index is 738. The Kier molecular flexibility index (Phi) is 3.13. The van der Waals surface area contributed by atoms with Gasteiger partial charge in [0.2, 0.25) is 0 Å². The zero-order chi connectivity index (χ0) is 13.2. The number of anilines is 1. The van der Waals surface area contributed by atoms with Gasteiger partial charge in [0.1, 0.15) is 5.03 Å². The van der Waals surface area contributed by atoms with E-state index in [1.807, 2.05) is 42.5 Å². The van der Waals surface area contributed by atoms with Crippen LogP contribution in [0.15, 0.2) is 64.5 Å². The van der Waals surface area contributed by atoms with Crippen molar-refractivity contribution in [1.82, 2.24) is 4.98 Å². The monoisotopic (exact) mass is 266 g/mol. The maximum atomic E-state index is 5.98. The van der Waals surface area contributed by atoms with Crippen LogP contribution in [0, 0.1) is 6.92 Å². The van der Waals surface area contributed by atoms with E-state index in [0.717, 1.165) is 21.1 Å². The van der Waals surface area contributed by atoms with E-state index >= 15 is 0 Å². The number of pyridine rings is 1. The Morgan fingerprint density at radius 2 is 1.74 bits per heavy atom. The first-order valence-electron chi connectivity index (χ1n) is 6.13. The standard InChI is InChI=1S/C16H14N2S/c1-11-10-12-6-2-4-8-14(12)18-16(11)19-15-9-5-3-7-13(15)17/h2-10H,17H2,1H3. The number of aromatic nitrogens is 1. The third kappa shape index (κ3) is 2.42. The van der Waals surface area contributed by atoms with Crippen molar-refractivity contribution in [2.75, 3.05) is 5.73 Å². The molecule has 94 valence electrons. The second-order valence-electron chi connectivity index (χ2n) is 4.44. The number of aryl methyl sites for hydroxylation is 1. The van der Waals surface area contributed by atoms with Gasteiger partial charge in [-0.1, -0.05) is 42.1 Å². The molecule has 2 nitrogen and oxygen atoms in total. The van der Waals surface area contributed by atoms with Crippen molar-refractivity contribution in [3.63, 3.8) is 0 Å². The fraction of sp³-hybridized carbons (Fsp3) is 0.0625. The summed E-state index contributed by atoms with van der Waals surface area (Å²) in [4.78, 5) is 5.77. The molecule has 1 heterocycles. The van der Waals surface area contributed by atoms with Crippen LogP contribution in [0.1, 0.15) is 5.56 Å². The number of fused-ring (bicyclic) bond motifs is 1. The molecule has 19 heavy (non-hydrogen) atoms. The first kappa shape index (κ1) is 12.1. The smallest absolute Gasteiger partial charge is 0.104 e. The lowest BCUT2D eigenvalue weighted by Crippen LogP contribution is -1.91. The second-order valence-corrected chi connectivity index (χ2v) is 5.47. The van der Waals surface area contributed by atoms with Crippen LogP contribution in [0.5, 0.6) is 0 Å². The number of para-hydroxylation sites is 2. The van der Waals surface area contributed by atoms with Crippen LogP contribution >= 0.6 is 11.8 Å². The average Bonchev–Trinajstić information content (AvgIpc) is 2.42. The van der Waals surface area contributed by atoms with E-state index in [1.165, 1.54) is 10.9 Å². The van der Waals surface area contributed by atoms with E-state index in [2.05, 4.69) is 19.1 Å². The summed E-state index contributed by atoms with van der Waals surface area (Å²) in [5.41, 5.74) is 8.97. The largest absolute Gasteiger partial charge is 0.398 e. The van der Waals surface area contributed by atoms with Crippen LogP contribution in [0.2, 0.25) is 0 Å². The molecule has 0 unspecified atom stereocenters. The number of benzene rings is 2. The van der Waals surface area contributed by atoms with Gasteiger partial charge in [0, 0.05) is 16.0 Å². The maximum Gasteiger partial charge on any atom is 0.104 e. The molecule has 2 N–H and O–H groups in total. The minimum Gasteiger partial charge on any atom is -0.398 e. The zero-order valence-corrected chi connectivity index (χ0v) is 11.4. The highest BCUT2D eigenvalue weighted by Crippen LogP contribution is 2.33. The third-order valence-electron chi connectivity index (χ3n) is 2.99. The number of rotatable bonds is 2. The Morgan fingerprint density at radius 1 is 1.00 bits per heavy atom. The number of nitrogens with two attached hydrogens (primary N) is 1. The highest BCUT2D eigenvalue weighted by molar-refractivity contribution is 7.99. The lowest BCUT2D eigenvalue weighted by molar-refractivity contribution is 1.12. The van der Waals surface area contributed by atoms with Crippen LogP contribution in [-0.4, -0.2) is 4.98 Å². The number of hydrogen-bond donors (Lipinski definition) is 1. The number of nitrogen functional groups attached to an aromatic ring is 1. The van der Waals surface area contributed by atoms with Gasteiger partial charge in [-0.05, 0) is 36.8 Å². The molecule has 0 fully saturated rings. The quantitative estimate of drug-likeness (QED) is 0.704. The van der Waals surface area contributed by atoms with E-state index in [-0.39, 0.29) is 0 Å². The zero-order valence-electron chi connectivity index (χ0n) is 10.6. The normalized spacial score (nSPS) is 10.8. The van der Waals surface area contributed by atoms with E-state index < -0.39 is 0 Å². The molecule has 0 spiro atoms. The number of nitrogens with zero attached hydrogens (tertiary/aromatic N) is 1. The Labute approximate surface area is 116 Å². The van der Waals surface area contributed by atoms with Crippen LogP contribution in [0.25, 0.3) is 10.9 Å². The third-order valence-corrected chi connectivity index (χ3v) is 4.19. The summed E-state index contributed by atoms with van der Waals surface area (Å²) in [5.74, 6) is 0. The minimum absolute atomic E-state index is 0.793. The van der Waals surface area contributed by atoms with Gasteiger partial charge in [-0.25, -0.2) is 4.98 Å². The summed E-state index contributed by atoms with van der Waals surface area (Å²) in [5, 5.41) is 2.18. The van der Waals surface area contributed by atoms with Gasteiger partial charge < -0.3 is 5.73 Å². The molecule has 0 aliphatic rings. The van der Waals surface area contributed by atoms with Crippen molar-refractivity contribution in [3.8, 4) is 0 Å². The van der Waals surface area contributed by atoms with Crippen molar-refractivity contribution in [2.45, 2.75) is 16.8 Å². The summed E-state index contributed by atoms with van der Waals surface area (Å²) < 4.78 is 0. The van der Waals surface area contributed by atoms with Crippen molar-refractivity contribution in [3.05, 3.63) is 60.2 Å². The first-order valence-corrected chi connectivity index (χ1v) is 6.94. The average molecular weight is 266 g/mol. The summed E-state index contributed by atoms with van der Waals surface area (Å²) in [6.07, 6.45) is 0. The molecule has 0 radical (unpaired) electrons. The van der Waals surface area contributed by atoms with Crippen LogP contribution in [0.3, 0.4) is 0 Å². The van der Waals surface area contributed by atoms with Crippen molar-refractivity contribution >= 4 is 28.4 Å². The highest BCUT2D eigenvalue weighted by Gasteiger charge is 2.07. The minimum atomic E-state index is 0.793. The second kappa shape index (κ2) is 4.94. The van der Waals surface area contributed by atoms with Gasteiger partial charge in [0.05, 0.1) is 5.52 Å². The molecule has 2 aromatic carbocycles. The van der Waals surface area contributed by atoms with Crippen LogP contribution in [0.4, 0.5) is 5.69 Å². The molecular weight excluding hydrogens is 252 g/mol. The van der Waals surface area contributed by atoms with E-state index in [1.54, 1.807) is 11.8 Å². The fourth-order valence-electron chi connectivity index (χ4n) is 1.98. The van der Waals surface area contributed by atoms with Crippen LogP contribution in [-0.2, 0) is 0 Å². The summed E-state index contributed by atoms with van der Waals surface area (Å²) in [6.45, 7) is 2.08. The lowest BCUT2D eigenvalue weighted by Gasteiger charge is -2.08. The molecule has 0 aliphatic carbocycles. The van der Waals surface area contributed by atoms with E-state index in [0.29, 0.717) is 0 Å². The van der Waals surface area contributed by atoms with Gasteiger partial charge >= 0.3 is 0 Å². The van der Waals surface area contributed by atoms with Gasteiger partial charge in [0.15, 0.2) is 0 Å². The van der Waals surface area contributed by atoms with E-state index in [4.69, 9.17) is 10.7 Å². The maximum absolute atomic E-state index is 5.98. The van der Waals surface area contributed by atoms with E-state index in [9.17, 15) is 0 Å². The fourth-order valence-corrected chi connectivity index (χ4v) is 2.89.